The molecule has 0 aliphatic carbocycles. The molecule has 2 heterocycles. The Balaban J connectivity index is 1.71. The first-order valence-corrected chi connectivity index (χ1v) is 26.6. The Bertz CT molecular complexity index is 1110. The van der Waals surface area contributed by atoms with Gasteiger partial charge < -0.3 is 32.2 Å². The molecule has 2 saturated heterocycles. The quantitative estimate of drug-likeness (QED) is 0.0551. The van der Waals surface area contributed by atoms with E-state index in [0.717, 1.165) is 0 Å². The second-order valence-corrected chi connectivity index (χ2v) is 29.0. The van der Waals surface area contributed by atoms with Crippen molar-refractivity contribution in [2.45, 2.75) is 129 Å². The first kappa shape index (κ1) is 38.2. The van der Waals surface area contributed by atoms with E-state index in [1.165, 1.54) is 0 Å². The smallest absolute Gasteiger partial charge is 0.188 e. The lowest BCUT2D eigenvalue weighted by atomic mass is 9.85. The number of hydrogen-bond acceptors (Lipinski definition) is 9. The Hall–Kier alpha value is -1.23. The Morgan fingerprint density at radius 1 is 0.867 bits per heavy atom. The van der Waals surface area contributed by atoms with Crippen LogP contribution >= 0.6 is 0 Å². The number of benzene rings is 1. The molecule has 0 spiro atoms. The van der Waals surface area contributed by atoms with Gasteiger partial charge in [0.05, 0.1) is 43.5 Å². The number of rotatable bonds is 18. The minimum atomic E-state index is -2.04. The molecule has 0 N–H and O–H groups in total. The van der Waals surface area contributed by atoms with E-state index in [1.54, 1.807) is 31.4 Å². The van der Waals surface area contributed by atoms with Gasteiger partial charge in [-0.05, 0) is 90.1 Å². The van der Waals surface area contributed by atoms with Gasteiger partial charge in [-0.3, -0.25) is 9.59 Å². The van der Waals surface area contributed by atoms with E-state index >= 15 is 0 Å². The molecule has 0 aromatic heterocycles. The molecule has 0 unspecified atom stereocenters. The molecule has 3 rings (SSSR count). The summed E-state index contributed by atoms with van der Waals surface area (Å²) in [6.45, 7) is 24.5. The number of Topliss-reactive ketones (excluding diaryl/α,β-unsaturated/α-hetero) is 2. The van der Waals surface area contributed by atoms with Crippen LogP contribution in [-0.4, -0.2) is 93.7 Å². The molecule has 1 aromatic rings. The highest BCUT2D eigenvalue weighted by Gasteiger charge is 2.52. The third kappa shape index (κ3) is 12.7. The summed E-state index contributed by atoms with van der Waals surface area (Å²) in [6, 6.07) is 6.76. The van der Waals surface area contributed by atoms with Crippen LogP contribution in [0.25, 0.3) is 0 Å². The Morgan fingerprint density at radius 2 is 1.47 bits per heavy atom. The van der Waals surface area contributed by atoms with Crippen LogP contribution in [-0.2, 0) is 32.3 Å². The standard InChI is InChI=1S/C33H58O9Si3/c1-22(23(2)40-43(4,5)6)31-30(39-31)19-29-33(42-45(10,11)12)32(41-44(7,8)9)25(20-37-29)17-26(34)18-28(35)24-13-15-27(16-14-24)38-21-36-3/h13-16,22-23,25,29-33H,17-21H2,1-12H3/t22-,23+,25+,29+,30+,31+,32-,33-/m1/s1. The van der Waals surface area contributed by atoms with Crippen LogP contribution in [0.3, 0.4) is 0 Å². The summed E-state index contributed by atoms with van der Waals surface area (Å²) < 4.78 is 43.0. The van der Waals surface area contributed by atoms with Crippen LogP contribution < -0.4 is 4.74 Å². The second-order valence-electron chi connectivity index (χ2n) is 15.6. The van der Waals surface area contributed by atoms with Crippen molar-refractivity contribution in [2.75, 3.05) is 20.5 Å². The topological polar surface area (TPSA) is 102 Å². The van der Waals surface area contributed by atoms with Crippen LogP contribution in [0, 0.1) is 11.8 Å². The molecule has 0 radical (unpaired) electrons. The van der Waals surface area contributed by atoms with Crippen molar-refractivity contribution in [3.8, 4) is 5.75 Å². The Labute approximate surface area is 274 Å². The fourth-order valence-corrected chi connectivity index (χ4v) is 9.47. The number of ketones is 2. The van der Waals surface area contributed by atoms with Gasteiger partial charge >= 0.3 is 0 Å². The van der Waals surface area contributed by atoms with Crippen LogP contribution in [0.15, 0.2) is 24.3 Å². The zero-order valence-electron chi connectivity index (χ0n) is 29.6. The number of hydrogen-bond donors (Lipinski definition) is 0. The summed E-state index contributed by atoms with van der Waals surface area (Å²) in [7, 11) is -4.18. The van der Waals surface area contributed by atoms with Crippen LogP contribution in [0.2, 0.25) is 58.9 Å². The minimum Gasteiger partial charge on any atom is -0.468 e. The average Bonchev–Trinajstić information content (AvgIpc) is 3.67. The Morgan fingerprint density at radius 3 is 2.02 bits per heavy atom. The van der Waals surface area contributed by atoms with Crippen molar-refractivity contribution in [3.63, 3.8) is 0 Å². The highest BCUT2D eigenvalue weighted by molar-refractivity contribution is 6.70. The summed E-state index contributed by atoms with van der Waals surface area (Å²) in [5, 5.41) is 0. The van der Waals surface area contributed by atoms with Crippen molar-refractivity contribution in [1.29, 1.82) is 0 Å². The number of carbonyl (C=O) groups is 2. The van der Waals surface area contributed by atoms with E-state index in [9.17, 15) is 9.59 Å². The predicted octanol–water partition coefficient (Wildman–Crippen LogP) is 6.69. The predicted molar refractivity (Wildman–Crippen MR) is 184 cm³/mol. The van der Waals surface area contributed by atoms with Gasteiger partial charge in [0.2, 0.25) is 0 Å². The lowest BCUT2D eigenvalue weighted by Gasteiger charge is -2.47. The van der Waals surface area contributed by atoms with Gasteiger partial charge in [-0.2, -0.15) is 0 Å². The van der Waals surface area contributed by atoms with Gasteiger partial charge in [0.1, 0.15) is 11.5 Å². The first-order chi connectivity index (χ1) is 20.8. The average molecular weight is 683 g/mol. The highest BCUT2D eigenvalue weighted by atomic mass is 28.4. The summed E-state index contributed by atoms with van der Waals surface area (Å²) >= 11 is 0. The lowest BCUT2D eigenvalue weighted by Crippen LogP contribution is -2.58. The molecular formula is C33H58O9Si3. The molecule has 1 aromatic carbocycles. The summed E-state index contributed by atoms with van der Waals surface area (Å²) in [5.74, 6) is 0.315. The summed E-state index contributed by atoms with van der Waals surface area (Å²) in [4.78, 5) is 26.3. The molecule has 256 valence electrons. The number of carbonyl (C=O) groups excluding carboxylic acids is 2. The maximum absolute atomic E-state index is 13.3. The summed E-state index contributed by atoms with van der Waals surface area (Å²) in [5.41, 5.74) is 0.473. The van der Waals surface area contributed by atoms with Gasteiger partial charge in [0.25, 0.3) is 0 Å². The first-order valence-electron chi connectivity index (χ1n) is 16.3. The van der Waals surface area contributed by atoms with Crippen molar-refractivity contribution in [1.82, 2.24) is 0 Å². The molecular weight excluding hydrogens is 625 g/mol. The van der Waals surface area contributed by atoms with Gasteiger partial charge in [-0.1, -0.05) is 6.92 Å². The van der Waals surface area contributed by atoms with Crippen molar-refractivity contribution < 1.29 is 41.8 Å². The van der Waals surface area contributed by atoms with Gasteiger partial charge in [0, 0.05) is 43.5 Å². The summed E-state index contributed by atoms with van der Waals surface area (Å²) in [6.07, 6.45) is 0.206. The molecule has 0 bridgehead atoms. The number of epoxide rings is 1. The molecule has 45 heavy (non-hydrogen) atoms. The van der Waals surface area contributed by atoms with E-state index in [1.807, 2.05) is 0 Å². The number of ether oxygens (including phenoxy) is 4. The van der Waals surface area contributed by atoms with E-state index < -0.39 is 25.0 Å². The van der Waals surface area contributed by atoms with Gasteiger partial charge in [-0.25, -0.2) is 0 Å². The zero-order chi connectivity index (χ0) is 33.7. The normalized spacial score (nSPS) is 27.1. The maximum atomic E-state index is 13.3. The van der Waals surface area contributed by atoms with Gasteiger partial charge in [-0.15, -0.1) is 0 Å². The fraction of sp³-hybridized carbons (Fsp3) is 0.758. The Kier molecular flexibility index (Phi) is 13.4. The molecule has 0 saturated carbocycles. The van der Waals surface area contributed by atoms with E-state index in [-0.39, 0.29) is 79.7 Å². The second kappa shape index (κ2) is 15.8. The van der Waals surface area contributed by atoms with E-state index in [0.29, 0.717) is 24.3 Å². The molecule has 8 atom stereocenters. The molecule has 2 aliphatic heterocycles. The largest absolute Gasteiger partial charge is 0.468 e. The zero-order valence-corrected chi connectivity index (χ0v) is 32.6. The van der Waals surface area contributed by atoms with Crippen LogP contribution in [0.5, 0.6) is 5.75 Å². The fourth-order valence-electron chi connectivity index (χ4n) is 5.90. The van der Waals surface area contributed by atoms with Crippen molar-refractivity contribution >= 4 is 36.5 Å². The van der Waals surface area contributed by atoms with Crippen molar-refractivity contribution in [2.24, 2.45) is 11.8 Å². The molecule has 2 fully saturated rings. The third-order valence-corrected chi connectivity index (χ3v) is 10.9. The third-order valence-electron chi connectivity index (χ3n) is 7.91. The molecule has 12 heteroatoms. The van der Waals surface area contributed by atoms with Crippen LogP contribution in [0.4, 0.5) is 0 Å². The molecule has 2 aliphatic rings. The minimum absolute atomic E-state index is 0.0695. The molecule has 9 nitrogen and oxygen atoms in total. The van der Waals surface area contributed by atoms with Crippen molar-refractivity contribution in [3.05, 3.63) is 29.8 Å². The van der Waals surface area contributed by atoms with E-state index in [2.05, 4.69) is 72.8 Å². The molecule has 0 amide bonds. The van der Waals surface area contributed by atoms with Crippen LogP contribution in [0.1, 0.15) is 43.5 Å². The SMILES string of the molecule is COCOc1ccc(C(=O)CC(=O)C[C@H]2CO[C@@H](C[C@@H]3O[C@H]3[C@H](C)[C@H](C)O[Si](C)(C)C)[C@@H](O[Si](C)(C)C)[C@@H]2O[Si](C)(C)C)cc1. The lowest BCUT2D eigenvalue weighted by molar-refractivity contribution is -0.158. The van der Waals surface area contributed by atoms with Gasteiger partial charge in [0.15, 0.2) is 37.5 Å². The number of methoxy groups -OCH3 is 1. The van der Waals surface area contributed by atoms with E-state index in [4.69, 9.17) is 32.2 Å². The maximum Gasteiger partial charge on any atom is 0.188 e. The highest BCUT2D eigenvalue weighted by Crippen LogP contribution is 2.40. The monoisotopic (exact) mass is 682 g/mol.